The molecule has 2 aromatic rings. The van der Waals surface area contributed by atoms with Crippen molar-refractivity contribution >= 4 is 22.1 Å². The summed E-state index contributed by atoms with van der Waals surface area (Å²) < 4.78 is 6.87. The normalized spacial score (nSPS) is 15.9. The summed E-state index contributed by atoms with van der Waals surface area (Å²) >= 11 is 3.54. The van der Waals surface area contributed by atoms with Gasteiger partial charge < -0.3 is 4.42 Å². The molecule has 1 saturated heterocycles. The van der Waals surface area contributed by atoms with Gasteiger partial charge in [0.25, 0.3) is 0 Å². The fraction of sp³-hybridized carbons (Fsp3) is 0.312. The van der Waals surface area contributed by atoms with Crippen LogP contribution in [0, 0.1) is 0 Å². The summed E-state index contributed by atoms with van der Waals surface area (Å²) in [6.07, 6.45) is 5.60. The highest BCUT2D eigenvalue weighted by Gasteiger charge is 2.08. The second-order valence-corrected chi connectivity index (χ2v) is 5.80. The number of halogens is 1. The summed E-state index contributed by atoms with van der Waals surface area (Å²) in [5.41, 5.74) is 1.06. The zero-order chi connectivity index (χ0) is 13.8. The molecule has 2 heterocycles. The van der Waals surface area contributed by atoms with E-state index in [-0.39, 0.29) is 0 Å². The van der Waals surface area contributed by atoms with Gasteiger partial charge in [0, 0.05) is 23.1 Å². The maximum absolute atomic E-state index is 5.84. The molecule has 0 radical (unpaired) electrons. The fourth-order valence-corrected chi connectivity index (χ4v) is 2.84. The van der Waals surface area contributed by atoms with E-state index in [0.717, 1.165) is 34.6 Å². The van der Waals surface area contributed by atoms with E-state index in [1.807, 2.05) is 42.6 Å². The zero-order valence-electron chi connectivity index (χ0n) is 11.3. The van der Waals surface area contributed by atoms with Crippen molar-refractivity contribution in [1.82, 2.24) is 5.01 Å². The predicted molar refractivity (Wildman–Crippen MR) is 84.9 cm³/mol. The van der Waals surface area contributed by atoms with Crippen LogP contribution in [0.3, 0.4) is 0 Å². The van der Waals surface area contributed by atoms with Crippen molar-refractivity contribution in [2.24, 2.45) is 5.10 Å². The molecule has 1 aliphatic heterocycles. The summed E-state index contributed by atoms with van der Waals surface area (Å²) in [4.78, 5) is 0. The number of piperidine rings is 1. The van der Waals surface area contributed by atoms with E-state index in [2.05, 4.69) is 26.0 Å². The maximum Gasteiger partial charge on any atom is 0.147 e. The van der Waals surface area contributed by atoms with Gasteiger partial charge in [-0.3, -0.25) is 5.01 Å². The molecule has 0 spiro atoms. The molecule has 0 atom stereocenters. The highest BCUT2D eigenvalue weighted by atomic mass is 79.9. The fourth-order valence-electron chi connectivity index (χ4n) is 2.36. The number of rotatable bonds is 3. The molecule has 1 aromatic heterocycles. The third-order valence-electron chi connectivity index (χ3n) is 3.45. The average Bonchev–Trinajstić information content (AvgIpc) is 2.95. The van der Waals surface area contributed by atoms with Crippen molar-refractivity contribution in [3.63, 3.8) is 0 Å². The monoisotopic (exact) mass is 332 g/mol. The average molecular weight is 333 g/mol. The minimum Gasteiger partial charge on any atom is -0.455 e. The Labute approximate surface area is 127 Å². The van der Waals surface area contributed by atoms with Gasteiger partial charge in [-0.15, -0.1) is 0 Å². The first kappa shape index (κ1) is 13.4. The molecule has 1 aliphatic rings. The van der Waals surface area contributed by atoms with Crippen LogP contribution < -0.4 is 0 Å². The Hall–Kier alpha value is -1.55. The molecular weight excluding hydrogens is 316 g/mol. The predicted octanol–water partition coefficient (Wildman–Crippen LogP) is 4.53. The van der Waals surface area contributed by atoms with E-state index in [9.17, 15) is 0 Å². The van der Waals surface area contributed by atoms with E-state index in [4.69, 9.17) is 4.42 Å². The van der Waals surface area contributed by atoms with Gasteiger partial charge in [0.2, 0.25) is 0 Å². The van der Waals surface area contributed by atoms with E-state index in [0.29, 0.717) is 0 Å². The molecule has 0 unspecified atom stereocenters. The van der Waals surface area contributed by atoms with Gasteiger partial charge in [-0.1, -0.05) is 34.1 Å². The van der Waals surface area contributed by atoms with Crippen LogP contribution in [0.5, 0.6) is 0 Å². The summed E-state index contributed by atoms with van der Waals surface area (Å²) in [5, 5.41) is 6.60. The molecule has 0 bridgehead atoms. The van der Waals surface area contributed by atoms with Gasteiger partial charge in [-0.2, -0.15) is 5.10 Å². The Morgan fingerprint density at radius 3 is 2.65 bits per heavy atom. The molecule has 3 nitrogen and oxygen atoms in total. The van der Waals surface area contributed by atoms with Crippen LogP contribution in [0.25, 0.3) is 11.3 Å². The first-order chi connectivity index (χ1) is 9.83. The number of hydrogen-bond donors (Lipinski definition) is 0. The lowest BCUT2D eigenvalue weighted by Crippen LogP contribution is -2.24. The lowest BCUT2D eigenvalue weighted by molar-refractivity contribution is 0.240. The quantitative estimate of drug-likeness (QED) is 0.772. The minimum absolute atomic E-state index is 0.793. The number of benzene rings is 1. The molecule has 20 heavy (non-hydrogen) atoms. The van der Waals surface area contributed by atoms with Crippen molar-refractivity contribution in [2.75, 3.05) is 13.1 Å². The second-order valence-electron chi connectivity index (χ2n) is 4.94. The summed E-state index contributed by atoms with van der Waals surface area (Å²) in [5.74, 6) is 1.65. The third-order valence-corrected chi connectivity index (χ3v) is 4.14. The number of hydrogen-bond acceptors (Lipinski definition) is 3. The van der Waals surface area contributed by atoms with E-state index >= 15 is 0 Å². The molecule has 0 aliphatic carbocycles. The van der Waals surface area contributed by atoms with Gasteiger partial charge in [-0.05, 0) is 37.5 Å². The van der Waals surface area contributed by atoms with E-state index < -0.39 is 0 Å². The lowest BCUT2D eigenvalue weighted by Gasteiger charge is -2.22. The van der Waals surface area contributed by atoms with Gasteiger partial charge in [-0.25, -0.2) is 0 Å². The summed E-state index contributed by atoms with van der Waals surface area (Å²) in [7, 11) is 0. The van der Waals surface area contributed by atoms with Crippen molar-refractivity contribution in [3.8, 4) is 11.3 Å². The number of hydrazone groups is 1. The molecular formula is C16H17BrN2O. The largest absolute Gasteiger partial charge is 0.455 e. The van der Waals surface area contributed by atoms with Gasteiger partial charge >= 0.3 is 0 Å². The van der Waals surface area contributed by atoms with Crippen LogP contribution in [0.15, 0.2) is 50.4 Å². The SMILES string of the molecule is Brc1ccccc1-c1ccc(/C=N/N2CCCCC2)o1. The standard InChI is InChI=1S/C16H17BrN2O/c17-15-7-3-2-6-14(15)16-9-8-13(20-16)12-18-19-10-4-1-5-11-19/h2-3,6-9,12H,1,4-5,10-11H2/b18-12+. The van der Waals surface area contributed by atoms with Gasteiger partial charge in [0.05, 0.1) is 6.21 Å². The first-order valence-electron chi connectivity index (χ1n) is 6.96. The molecule has 4 heteroatoms. The van der Waals surface area contributed by atoms with Gasteiger partial charge in [0.15, 0.2) is 0 Å². The topological polar surface area (TPSA) is 28.7 Å². The first-order valence-corrected chi connectivity index (χ1v) is 7.76. The number of furan rings is 1. The van der Waals surface area contributed by atoms with Crippen LogP contribution in [0.2, 0.25) is 0 Å². The van der Waals surface area contributed by atoms with Crippen LogP contribution in [-0.2, 0) is 0 Å². The van der Waals surface area contributed by atoms with Crippen molar-refractivity contribution in [1.29, 1.82) is 0 Å². The highest BCUT2D eigenvalue weighted by Crippen LogP contribution is 2.29. The Balaban J connectivity index is 1.73. The molecule has 104 valence electrons. The Morgan fingerprint density at radius 1 is 1.05 bits per heavy atom. The van der Waals surface area contributed by atoms with Crippen molar-refractivity contribution in [2.45, 2.75) is 19.3 Å². The molecule has 0 amide bonds. The van der Waals surface area contributed by atoms with Gasteiger partial charge in [0.1, 0.15) is 11.5 Å². The summed E-state index contributed by atoms with van der Waals surface area (Å²) in [6, 6.07) is 12.0. The molecule has 1 aromatic carbocycles. The van der Waals surface area contributed by atoms with Crippen LogP contribution >= 0.6 is 15.9 Å². The Kier molecular flexibility index (Phi) is 4.21. The summed E-state index contributed by atoms with van der Waals surface area (Å²) in [6.45, 7) is 2.10. The Bertz CT molecular complexity index is 600. The number of nitrogens with zero attached hydrogens (tertiary/aromatic N) is 2. The van der Waals surface area contributed by atoms with Crippen molar-refractivity contribution in [3.05, 3.63) is 46.6 Å². The molecule has 0 saturated carbocycles. The second kappa shape index (κ2) is 6.27. The highest BCUT2D eigenvalue weighted by molar-refractivity contribution is 9.10. The molecule has 0 N–H and O–H groups in total. The smallest absolute Gasteiger partial charge is 0.147 e. The maximum atomic E-state index is 5.84. The molecule has 3 rings (SSSR count). The lowest BCUT2D eigenvalue weighted by atomic mass is 10.2. The Morgan fingerprint density at radius 2 is 1.85 bits per heavy atom. The minimum atomic E-state index is 0.793. The van der Waals surface area contributed by atoms with Crippen LogP contribution in [-0.4, -0.2) is 24.3 Å². The van der Waals surface area contributed by atoms with Crippen LogP contribution in [0.1, 0.15) is 25.0 Å². The van der Waals surface area contributed by atoms with E-state index in [1.54, 1.807) is 0 Å². The molecule has 1 fully saturated rings. The zero-order valence-corrected chi connectivity index (χ0v) is 12.8. The third kappa shape index (κ3) is 3.12. The van der Waals surface area contributed by atoms with Crippen molar-refractivity contribution < 1.29 is 4.42 Å². The van der Waals surface area contributed by atoms with E-state index in [1.165, 1.54) is 19.3 Å². The van der Waals surface area contributed by atoms with Crippen LogP contribution in [0.4, 0.5) is 0 Å².